The first-order valence-electron chi connectivity index (χ1n) is 8.11. The molecule has 7 heteroatoms. The molecule has 23 heavy (non-hydrogen) atoms. The van der Waals surface area contributed by atoms with Gasteiger partial charge in [-0.15, -0.1) is 0 Å². The number of likely N-dealkylation sites (tertiary alicyclic amines) is 1. The number of hydrogen-bond donors (Lipinski definition) is 2. The van der Waals surface area contributed by atoms with Crippen LogP contribution in [0.25, 0.3) is 0 Å². The molecule has 0 saturated carbocycles. The van der Waals surface area contributed by atoms with E-state index in [9.17, 15) is 13.2 Å². The van der Waals surface area contributed by atoms with Crippen LogP contribution in [0.5, 0.6) is 0 Å². The van der Waals surface area contributed by atoms with Crippen LogP contribution >= 0.6 is 0 Å². The molecule has 0 spiro atoms. The highest BCUT2D eigenvalue weighted by atomic mass is 32.2. The highest BCUT2D eigenvalue weighted by Crippen LogP contribution is 2.11. The van der Waals surface area contributed by atoms with Gasteiger partial charge in [0.25, 0.3) is 5.91 Å². The first-order chi connectivity index (χ1) is 11.0. The van der Waals surface area contributed by atoms with Crippen LogP contribution in [0.3, 0.4) is 0 Å². The first kappa shape index (κ1) is 17.7. The summed E-state index contributed by atoms with van der Waals surface area (Å²) in [6, 6.07) is 6.47. The van der Waals surface area contributed by atoms with Crippen molar-refractivity contribution in [2.45, 2.75) is 26.2 Å². The van der Waals surface area contributed by atoms with Crippen molar-refractivity contribution in [2.75, 3.05) is 36.7 Å². The fourth-order valence-electron chi connectivity index (χ4n) is 2.55. The normalized spacial score (nSPS) is 16.0. The molecule has 0 aliphatic carbocycles. The second-order valence-corrected chi connectivity index (χ2v) is 7.75. The average Bonchev–Trinajstić information content (AvgIpc) is 2.56. The maximum absolute atomic E-state index is 12.1. The van der Waals surface area contributed by atoms with E-state index < -0.39 is 10.0 Å². The van der Waals surface area contributed by atoms with Crippen molar-refractivity contribution in [1.82, 2.24) is 10.2 Å². The number of benzene rings is 1. The van der Waals surface area contributed by atoms with Gasteiger partial charge in [0, 0.05) is 24.3 Å². The molecule has 2 N–H and O–H groups in total. The highest BCUT2D eigenvalue weighted by molar-refractivity contribution is 7.92. The molecule has 0 atom stereocenters. The maximum atomic E-state index is 12.1. The van der Waals surface area contributed by atoms with Gasteiger partial charge in [-0.2, -0.15) is 0 Å². The number of nitrogens with one attached hydrogen (secondary N) is 2. The Balaban J connectivity index is 1.80. The minimum atomic E-state index is -3.29. The third-order valence-electron chi connectivity index (χ3n) is 3.96. The Labute approximate surface area is 138 Å². The number of rotatable bonds is 7. The predicted molar refractivity (Wildman–Crippen MR) is 92.1 cm³/mol. The summed E-state index contributed by atoms with van der Waals surface area (Å²) in [6.07, 6.45) is 3.78. The van der Waals surface area contributed by atoms with Crippen LogP contribution < -0.4 is 10.0 Å². The molecule has 1 aromatic carbocycles. The van der Waals surface area contributed by atoms with E-state index in [2.05, 4.69) is 14.9 Å². The molecule has 128 valence electrons. The van der Waals surface area contributed by atoms with Crippen LogP contribution in [-0.2, 0) is 10.0 Å². The minimum Gasteiger partial charge on any atom is -0.351 e. The second-order valence-electron chi connectivity index (χ2n) is 5.74. The largest absolute Gasteiger partial charge is 0.351 e. The summed E-state index contributed by atoms with van der Waals surface area (Å²) >= 11 is 0. The van der Waals surface area contributed by atoms with Gasteiger partial charge >= 0.3 is 0 Å². The summed E-state index contributed by atoms with van der Waals surface area (Å²) in [4.78, 5) is 14.4. The van der Waals surface area contributed by atoms with Crippen LogP contribution in [0.2, 0.25) is 0 Å². The first-order valence-corrected chi connectivity index (χ1v) is 9.76. The molecule has 1 amide bonds. The zero-order valence-electron chi connectivity index (χ0n) is 13.5. The fraction of sp³-hybridized carbons (Fsp3) is 0.562. The summed E-state index contributed by atoms with van der Waals surface area (Å²) in [7, 11) is -3.29. The lowest BCUT2D eigenvalue weighted by Crippen LogP contribution is -2.37. The van der Waals surface area contributed by atoms with Gasteiger partial charge in [-0.3, -0.25) is 9.52 Å². The van der Waals surface area contributed by atoms with Gasteiger partial charge in [0.05, 0.1) is 5.75 Å². The molecule has 6 nitrogen and oxygen atoms in total. The van der Waals surface area contributed by atoms with Crippen LogP contribution in [-0.4, -0.2) is 51.2 Å². The Morgan fingerprint density at radius 1 is 1.13 bits per heavy atom. The third kappa shape index (κ3) is 5.84. The van der Waals surface area contributed by atoms with E-state index in [-0.39, 0.29) is 11.7 Å². The molecular formula is C16H25N3O3S. The lowest BCUT2D eigenvalue weighted by molar-refractivity contribution is 0.0946. The van der Waals surface area contributed by atoms with Crippen molar-refractivity contribution in [2.24, 2.45) is 0 Å². The monoisotopic (exact) mass is 339 g/mol. The molecule has 1 aliphatic rings. The van der Waals surface area contributed by atoms with Gasteiger partial charge < -0.3 is 10.2 Å². The quantitative estimate of drug-likeness (QED) is 0.792. The van der Waals surface area contributed by atoms with Crippen LogP contribution in [0.4, 0.5) is 5.69 Å². The van der Waals surface area contributed by atoms with Gasteiger partial charge in [0.1, 0.15) is 0 Å². The van der Waals surface area contributed by atoms with Gasteiger partial charge in [-0.25, -0.2) is 8.42 Å². The third-order valence-corrected chi connectivity index (χ3v) is 5.27. The zero-order chi connectivity index (χ0) is 16.7. The molecule has 0 radical (unpaired) electrons. The highest BCUT2D eigenvalue weighted by Gasteiger charge is 2.11. The molecule has 0 unspecified atom stereocenters. The topological polar surface area (TPSA) is 78.5 Å². The zero-order valence-corrected chi connectivity index (χ0v) is 14.4. The maximum Gasteiger partial charge on any atom is 0.251 e. The van der Waals surface area contributed by atoms with Crippen molar-refractivity contribution in [1.29, 1.82) is 0 Å². The Morgan fingerprint density at radius 2 is 1.78 bits per heavy atom. The van der Waals surface area contributed by atoms with E-state index in [1.807, 2.05) is 0 Å². The van der Waals surface area contributed by atoms with Crippen LogP contribution in [0, 0.1) is 0 Å². The second kappa shape index (κ2) is 8.31. The fourth-order valence-corrected chi connectivity index (χ4v) is 3.19. The molecule has 1 aliphatic heterocycles. The van der Waals surface area contributed by atoms with E-state index >= 15 is 0 Å². The SMILES string of the molecule is CCS(=O)(=O)Nc1ccc(C(=O)NCCN2CCCCC2)cc1. The molecule has 1 fully saturated rings. The predicted octanol–water partition coefficient (Wildman–Crippen LogP) is 1.66. The van der Waals surface area contributed by atoms with Crippen LogP contribution in [0.1, 0.15) is 36.5 Å². The number of nitrogens with zero attached hydrogens (tertiary/aromatic N) is 1. The van der Waals surface area contributed by atoms with Crippen molar-refractivity contribution in [3.8, 4) is 0 Å². The van der Waals surface area contributed by atoms with Crippen molar-refractivity contribution < 1.29 is 13.2 Å². The van der Waals surface area contributed by atoms with Crippen molar-refractivity contribution in [3.05, 3.63) is 29.8 Å². The Bertz CT molecular complexity index is 608. The molecular weight excluding hydrogens is 314 g/mol. The summed E-state index contributed by atoms with van der Waals surface area (Å²) < 4.78 is 25.4. The lowest BCUT2D eigenvalue weighted by Gasteiger charge is -2.26. The van der Waals surface area contributed by atoms with E-state index in [0.29, 0.717) is 17.8 Å². The van der Waals surface area contributed by atoms with Gasteiger partial charge in [0.2, 0.25) is 10.0 Å². The smallest absolute Gasteiger partial charge is 0.251 e. The molecule has 0 aromatic heterocycles. The number of piperidine rings is 1. The number of carbonyl (C=O) groups is 1. The van der Waals surface area contributed by atoms with Crippen LogP contribution in [0.15, 0.2) is 24.3 Å². The molecule has 1 heterocycles. The Morgan fingerprint density at radius 3 is 2.39 bits per heavy atom. The summed E-state index contributed by atoms with van der Waals surface area (Å²) in [5.41, 5.74) is 1.000. The molecule has 1 aromatic rings. The lowest BCUT2D eigenvalue weighted by atomic mass is 10.1. The van der Waals surface area contributed by atoms with E-state index in [0.717, 1.165) is 19.6 Å². The number of hydrogen-bond acceptors (Lipinski definition) is 4. The summed E-state index contributed by atoms with van der Waals surface area (Å²) in [5, 5.41) is 2.91. The molecule has 0 bridgehead atoms. The van der Waals surface area contributed by atoms with Crippen molar-refractivity contribution >= 4 is 21.6 Å². The van der Waals surface area contributed by atoms with Gasteiger partial charge in [0.15, 0.2) is 0 Å². The Kier molecular flexibility index (Phi) is 6.41. The summed E-state index contributed by atoms with van der Waals surface area (Å²) in [6.45, 7) is 5.31. The van der Waals surface area contributed by atoms with Gasteiger partial charge in [-0.1, -0.05) is 6.42 Å². The molecule has 2 rings (SSSR count). The average molecular weight is 339 g/mol. The minimum absolute atomic E-state index is 0.0196. The van der Waals surface area contributed by atoms with E-state index in [4.69, 9.17) is 0 Å². The Hall–Kier alpha value is -1.60. The van der Waals surface area contributed by atoms with Crippen molar-refractivity contribution in [3.63, 3.8) is 0 Å². The number of sulfonamides is 1. The summed E-state index contributed by atoms with van der Waals surface area (Å²) in [5.74, 6) is -0.113. The standard InChI is InChI=1S/C16H25N3O3S/c1-2-23(21,22)18-15-8-6-14(7-9-15)16(20)17-10-13-19-11-4-3-5-12-19/h6-9,18H,2-5,10-13H2,1H3,(H,17,20). The van der Waals surface area contributed by atoms with Gasteiger partial charge in [-0.05, 0) is 57.1 Å². The number of anilines is 1. The molecule has 1 saturated heterocycles. The number of amides is 1. The van der Waals surface area contributed by atoms with E-state index in [1.165, 1.54) is 19.3 Å². The number of carbonyl (C=O) groups excluding carboxylic acids is 1. The van der Waals surface area contributed by atoms with E-state index in [1.54, 1.807) is 31.2 Å².